The summed E-state index contributed by atoms with van der Waals surface area (Å²) < 4.78 is 0. The van der Waals surface area contributed by atoms with E-state index in [0.717, 1.165) is 24.6 Å². The van der Waals surface area contributed by atoms with E-state index in [0.29, 0.717) is 16.4 Å². The third-order valence-corrected chi connectivity index (χ3v) is 4.07. The largest absolute Gasteiger partial charge is 0.357 e. The molecule has 120 valence electrons. The minimum atomic E-state index is -0.314. The molecule has 6 heteroatoms. The van der Waals surface area contributed by atoms with Gasteiger partial charge in [-0.25, -0.2) is 9.78 Å². The number of nitrogens with one attached hydrogen (secondary N) is 2. The molecule has 3 rings (SSSR count). The van der Waals surface area contributed by atoms with Crippen LogP contribution in [0.5, 0.6) is 0 Å². The summed E-state index contributed by atoms with van der Waals surface area (Å²) in [6, 6.07) is 10.6. The number of aromatic nitrogens is 1. The number of benzene rings is 1. The molecular weight excluding hydrogens is 312 g/mol. The van der Waals surface area contributed by atoms with Gasteiger partial charge in [-0.2, -0.15) is 0 Å². The van der Waals surface area contributed by atoms with Gasteiger partial charge in [-0.1, -0.05) is 17.7 Å². The molecule has 1 aromatic heterocycles. The number of hydrogen-bond acceptors (Lipinski definition) is 3. The van der Waals surface area contributed by atoms with Crippen LogP contribution in [-0.4, -0.2) is 24.1 Å². The van der Waals surface area contributed by atoms with Crippen molar-refractivity contribution in [2.45, 2.75) is 19.8 Å². The van der Waals surface area contributed by atoms with Gasteiger partial charge in [0, 0.05) is 23.8 Å². The number of urea groups is 1. The molecule has 0 aliphatic carbocycles. The molecule has 1 aliphatic heterocycles. The van der Waals surface area contributed by atoms with Crippen LogP contribution in [0.4, 0.5) is 22.0 Å². The van der Waals surface area contributed by atoms with Crippen molar-refractivity contribution in [3.63, 3.8) is 0 Å². The van der Waals surface area contributed by atoms with E-state index in [2.05, 4.69) is 20.5 Å². The maximum absolute atomic E-state index is 12.1. The van der Waals surface area contributed by atoms with Crippen molar-refractivity contribution < 1.29 is 4.79 Å². The summed E-state index contributed by atoms with van der Waals surface area (Å²) in [7, 11) is 0. The Hall–Kier alpha value is -2.27. The number of anilines is 3. The first-order chi connectivity index (χ1) is 11.1. The molecule has 5 nitrogen and oxygen atoms in total. The van der Waals surface area contributed by atoms with Crippen molar-refractivity contribution in [1.29, 1.82) is 0 Å². The van der Waals surface area contributed by atoms with Gasteiger partial charge in [-0.05, 0) is 50.1 Å². The Morgan fingerprint density at radius 2 is 1.96 bits per heavy atom. The molecule has 23 heavy (non-hydrogen) atoms. The quantitative estimate of drug-likeness (QED) is 0.882. The Morgan fingerprint density at radius 3 is 2.65 bits per heavy atom. The van der Waals surface area contributed by atoms with Gasteiger partial charge in [0.15, 0.2) is 0 Å². The van der Waals surface area contributed by atoms with E-state index < -0.39 is 0 Å². The highest BCUT2D eigenvalue weighted by molar-refractivity contribution is 6.30. The standard InChI is InChI=1S/C17H19ClN4O/c1-12-15(7-8-16(19-12)22-9-2-3-10-22)21-17(23)20-14-6-4-5-13(18)11-14/h4-8,11H,2-3,9-10H2,1H3,(H2,20,21,23). The third-order valence-electron chi connectivity index (χ3n) is 3.83. The summed E-state index contributed by atoms with van der Waals surface area (Å²) in [6.07, 6.45) is 2.42. The van der Waals surface area contributed by atoms with E-state index >= 15 is 0 Å². The maximum Gasteiger partial charge on any atom is 0.323 e. The van der Waals surface area contributed by atoms with Gasteiger partial charge in [-0.3, -0.25) is 0 Å². The number of nitrogens with zero attached hydrogens (tertiary/aromatic N) is 2. The lowest BCUT2D eigenvalue weighted by atomic mass is 10.3. The fourth-order valence-electron chi connectivity index (χ4n) is 2.65. The van der Waals surface area contributed by atoms with Gasteiger partial charge >= 0.3 is 6.03 Å². The monoisotopic (exact) mass is 330 g/mol. The second-order valence-corrected chi connectivity index (χ2v) is 6.02. The topological polar surface area (TPSA) is 57.3 Å². The number of carbonyl (C=O) groups is 1. The Bertz CT molecular complexity index is 713. The van der Waals surface area contributed by atoms with Gasteiger partial charge in [0.2, 0.25) is 0 Å². The summed E-state index contributed by atoms with van der Waals surface area (Å²) in [5, 5.41) is 6.16. The van der Waals surface area contributed by atoms with Gasteiger partial charge in [0.1, 0.15) is 5.82 Å². The second-order valence-electron chi connectivity index (χ2n) is 5.59. The number of amides is 2. The molecule has 1 fully saturated rings. The highest BCUT2D eigenvalue weighted by Crippen LogP contribution is 2.22. The van der Waals surface area contributed by atoms with E-state index in [4.69, 9.17) is 11.6 Å². The number of pyridine rings is 1. The van der Waals surface area contributed by atoms with Crippen LogP contribution in [0, 0.1) is 6.92 Å². The van der Waals surface area contributed by atoms with Crippen LogP contribution >= 0.6 is 11.6 Å². The fourth-order valence-corrected chi connectivity index (χ4v) is 2.84. The summed E-state index contributed by atoms with van der Waals surface area (Å²) >= 11 is 5.91. The van der Waals surface area contributed by atoms with Crippen LogP contribution in [0.3, 0.4) is 0 Å². The number of halogens is 1. The van der Waals surface area contributed by atoms with Crippen LogP contribution in [0.1, 0.15) is 18.5 Å². The zero-order chi connectivity index (χ0) is 16.2. The van der Waals surface area contributed by atoms with E-state index in [1.54, 1.807) is 24.3 Å². The first kappa shape index (κ1) is 15.6. The Balaban J connectivity index is 1.66. The highest BCUT2D eigenvalue weighted by atomic mass is 35.5. The van der Waals surface area contributed by atoms with Crippen molar-refractivity contribution >= 4 is 34.8 Å². The maximum atomic E-state index is 12.1. The molecule has 0 spiro atoms. The first-order valence-corrected chi connectivity index (χ1v) is 8.06. The average Bonchev–Trinajstić information content (AvgIpc) is 3.03. The predicted molar refractivity (Wildman–Crippen MR) is 94.5 cm³/mol. The SMILES string of the molecule is Cc1nc(N2CCCC2)ccc1NC(=O)Nc1cccc(Cl)c1. The van der Waals surface area contributed by atoms with Crippen molar-refractivity contribution in [1.82, 2.24) is 4.98 Å². The van der Waals surface area contributed by atoms with Gasteiger partial charge in [0.25, 0.3) is 0 Å². The molecule has 2 N–H and O–H groups in total. The molecule has 2 amide bonds. The molecule has 1 aliphatic rings. The zero-order valence-electron chi connectivity index (χ0n) is 13.0. The fraction of sp³-hybridized carbons (Fsp3) is 0.294. The highest BCUT2D eigenvalue weighted by Gasteiger charge is 2.15. The van der Waals surface area contributed by atoms with Gasteiger partial charge in [-0.15, -0.1) is 0 Å². The molecule has 0 bridgehead atoms. The van der Waals surface area contributed by atoms with Crippen molar-refractivity contribution in [3.05, 3.63) is 47.1 Å². The Morgan fingerprint density at radius 1 is 1.17 bits per heavy atom. The summed E-state index contributed by atoms with van der Waals surface area (Å²) in [5.74, 6) is 0.973. The molecular formula is C17H19ClN4O. The zero-order valence-corrected chi connectivity index (χ0v) is 13.7. The number of aryl methyl sites for hydroxylation is 1. The average molecular weight is 331 g/mol. The van der Waals surface area contributed by atoms with E-state index in [1.807, 2.05) is 19.1 Å². The Labute approximate surface area is 140 Å². The molecule has 0 unspecified atom stereocenters. The van der Waals surface area contributed by atoms with Crippen LogP contribution < -0.4 is 15.5 Å². The molecule has 2 aromatic rings. The lowest BCUT2D eigenvalue weighted by molar-refractivity contribution is 0.262. The van der Waals surface area contributed by atoms with Crippen LogP contribution in [-0.2, 0) is 0 Å². The summed E-state index contributed by atoms with van der Waals surface area (Å²) in [5.41, 5.74) is 2.15. The normalized spacial score (nSPS) is 13.9. The predicted octanol–water partition coefficient (Wildman–Crippen LogP) is 4.29. The minimum Gasteiger partial charge on any atom is -0.357 e. The third kappa shape index (κ3) is 3.93. The van der Waals surface area contributed by atoms with E-state index in [-0.39, 0.29) is 6.03 Å². The lowest BCUT2D eigenvalue weighted by Crippen LogP contribution is -2.22. The smallest absolute Gasteiger partial charge is 0.323 e. The molecule has 2 heterocycles. The van der Waals surface area contributed by atoms with E-state index in [1.165, 1.54) is 12.8 Å². The van der Waals surface area contributed by atoms with Crippen LogP contribution in [0.2, 0.25) is 5.02 Å². The number of hydrogen-bond donors (Lipinski definition) is 2. The minimum absolute atomic E-state index is 0.314. The van der Waals surface area contributed by atoms with Gasteiger partial charge < -0.3 is 15.5 Å². The molecule has 0 saturated carbocycles. The van der Waals surface area contributed by atoms with Crippen molar-refractivity contribution in [2.75, 3.05) is 28.6 Å². The molecule has 0 radical (unpaired) electrons. The molecule has 1 aromatic carbocycles. The van der Waals surface area contributed by atoms with Crippen LogP contribution in [0.15, 0.2) is 36.4 Å². The number of rotatable bonds is 3. The van der Waals surface area contributed by atoms with Crippen molar-refractivity contribution in [3.8, 4) is 0 Å². The number of carbonyl (C=O) groups excluding carboxylic acids is 1. The van der Waals surface area contributed by atoms with E-state index in [9.17, 15) is 4.79 Å². The van der Waals surface area contributed by atoms with Crippen molar-refractivity contribution in [2.24, 2.45) is 0 Å². The molecule has 0 atom stereocenters. The van der Waals surface area contributed by atoms with Crippen LogP contribution in [0.25, 0.3) is 0 Å². The second kappa shape index (κ2) is 6.87. The lowest BCUT2D eigenvalue weighted by Gasteiger charge is -2.18. The van der Waals surface area contributed by atoms with Gasteiger partial charge in [0.05, 0.1) is 11.4 Å². The first-order valence-electron chi connectivity index (χ1n) is 7.68. The summed E-state index contributed by atoms with van der Waals surface area (Å²) in [6.45, 7) is 4.00. The summed E-state index contributed by atoms with van der Waals surface area (Å²) in [4.78, 5) is 18.9. The Kier molecular flexibility index (Phi) is 4.67. The molecule has 1 saturated heterocycles.